The molecule has 21 heavy (non-hydrogen) atoms. The maximum atomic E-state index is 11.5. The van der Waals surface area contributed by atoms with Crippen LogP contribution in [0.2, 0.25) is 0 Å². The Labute approximate surface area is 125 Å². The fraction of sp³-hybridized carbons (Fsp3) is 0.786. The van der Waals surface area contributed by atoms with Crippen LogP contribution < -0.4 is 5.14 Å². The maximum absolute atomic E-state index is 11.5. The molecule has 1 aliphatic carbocycles. The predicted molar refractivity (Wildman–Crippen MR) is 78.4 cm³/mol. The summed E-state index contributed by atoms with van der Waals surface area (Å²) in [6.45, 7) is 2.72. The summed E-state index contributed by atoms with van der Waals surface area (Å²) >= 11 is 0. The Morgan fingerprint density at radius 2 is 2.19 bits per heavy atom. The standard InChI is InChI=1S/C14H23N3O3S/c1-2-12-16-13(21(15,18)19)10-17(12)11-5-8-20-14(9-11)6-3-4-7-14/h10-11H,2-9H2,1H3,(H2,15,18,19). The van der Waals surface area contributed by atoms with Crippen LogP contribution in [-0.4, -0.2) is 30.2 Å². The van der Waals surface area contributed by atoms with Gasteiger partial charge in [0.05, 0.1) is 5.60 Å². The van der Waals surface area contributed by atoms with Crippen molar-refractivity contribution in [1.82, 2.24) is 9.55 Å². The van der Waals surface area contributed by atoms with E-state index in [1.54, 1.807) is 6.20 Å². The first-order valence-electron chi connectivity index (χ1n) is 7.68. The van der Waals surface area contributed by atoms with E-state index in [9.17, 15) is 8.42 Å². The summed E-state index contributed by atoms with van der Waals surface area (Å²) in [5, 5.41) is 5.19. The molecule has 2 N–H and O–H groups in total. The molecule has 1 atom stereocenters. The molecule has 118 valence electrons. The van der Waals surface area contributed by atoms with Crippen LogP contribution in [0.15, 0.2) is 11.2 Å². The van der Waals surface area contributed by atoms with Gasteiger partial charge in [-0.3, -0.25) is 0 Å². The molecule has 1 aliphatic heterocycles. The highest BCUT2D eigenvalue weighted by Gasteiger charge is 2.41. The van der Waals surface area contributed by atoms with E-state index in [1.807, 2.05) is 11.5 Å². The molecule has 2 fully saturated rings. The second-order valence-corrected chi connectivity index (χ2v) is 7.69. The van der Waals surface area contributed by atoms with Crippen molar-refractivity contribution in [2.24, 2.45) is 5.14 Å². The van der Waals surface area contributed by atoms with E-state index in [0.29, 0.717) is 6.42 Å². The molecular weight excluding hydrogens is 290 g/mol. The first-order chi connectivity index (χ1) is 9.93. The third-order valence-corrected chi connectivity index (χ3v) is 5.55. The van der Waals surface area contributed by atoms with Crippen LogP contribution in [0.1, 0.15) is 57.3 Å². The molecule has 1 saturated heterocycles. The fourth-order valence-electron chi connectivity index (χ4n) is 3.73. The Balaban J connectivity index is 1.90. The summed E-state index contributed by atoms with van der Waals surface area (Å²) < 4.78 is 31.1. The van der Waals surface area contributed by atoms with E-state index in [1.165, 1.54) is 12.8 Å². The van der Waals surface area contributed by atoms with Gasteiger partial charge in [-0.1, -0.05) is 19.8 Å². The summed E-state index contributed by atoms with van der Waals surface area (Å²) in [6, 6.07) is 0.259. The molecule has 6 nitrogen and oxygen atoms in total. The lowest BCUT2D eigenvalue weighted by Gasteiger charge is -2.39. The lowest BCUT2D eigenvalue weighted by molar-refractivity contribution is -0.0897. The Bertz CT molecular complexity index is 617. The van der Waals surface area contributed by atoms with Gasteiger partial charge in [0, 0.05) is 25.3 Å². The van der Waals surface area contributed by atoms with Crippen LogP contribution in [0.3, 0.4) is 0 Å². The molecule has 0 bridgehead atoms. The van der Waals surface area contributed by atoms with E-state index in [-0.39, 0.29) is 16.7 Å². The molecule has 1 spiro atoms. The quantitative estimate of drug-likeness (QED) is 0.921. The number of hydrogen-bond acceptors (Lipinski definition) is 4. The zero-order valence-corrected chi connectivity index (χ0v) is 13.2. The van der Waals surface area contributed by atoms with E-state index >= 15 is 0 Å². The van der Waals surface area contributed by atoms with Gasteiger partial charge in [-0.2, -0.15) is 0 Å². The SMILES string of the molecule is CCc1nc(S(N)(=O)=O)cn1C1CCOC2(CCCC2)C1. The monoisotopic (exact) mass is 313 g/mol. The number of hydrogen-bond donors (Lipinski definition) is 1. The Hall–Kier alpha value is -0.920. The molecule has 2 heterocycles. The highest BCUT2D eigenvalue weighted by molar-refractivity contribution is 7.89. The zero-order valence-electron chi connectivity index (χ0n) is 12.4. The lowest BCUT2D eigenvalue weighted by Crippen LogP contribution is -2.38. The first kappa shape index (κ1) is 15.0. The Kier molecular flexibility index (Phi) is 3.83. The van der Waals surface area contributed by atoms with Crippen molar-refractivity contribution in [3.63, 3.8) is 0 Å². The molecule has 0 aromatic carbocycles. The van der Waals surface area contributed by atoms with Gasteiger partial charge in [-0.05, 0) is 25.7 Å². The Morgan fingerprint density at radius 1 is 1.48 bits per heavy atom. The molecule has 1 unspecified atom stereocenters. The van der Waals surface area contributed by atoms with Crippen LogP contribution in [-0.2, 0) is 21.2 Å². The number of aromatic nitrogens is 2. The van der Waals surface area contributed by atoms with E-state index in [4.69, 9.17) is 9.88 Å². The summed E-state index contributed by atoms with van der Waals surface area (Å²) in [5.74, 6) is 0.791. The predicted octanol–water partition coefficient (Wildman–Crippen LogP) is 1.76. The van der Waals surface area contributed by atoms with Gasteiger partial charge in [-0.25, -0.2) is 18.5 Å². The number of aryl methyl sites for hydroxylation is 1. The topological polar surface area (TPSA) is 87.2 Å². The maximum Gasteiger partial charge on any atom is 0.257 e. The minimum atomic E-state index is -3.74. The van der Waals surface area contributed by atoms with Crippen molar-refractivity contribution in [3.05, 3.63) is 12.0 Å². The van der Waals surface area contributed by atoms with Gasteiger partial charge in [0.1, 0.15) is 5.82 Å². The van der Waals surface area contributed by atoms with Crippen molar-refractivity contribution in [1.29, 1.82) is 0 Å². The van der Waals surface area contributed by atoms with E-state index in [2.05, 4.69) is 4.98 Å². The second-order valence-electron chi connectivity index (χ2n) is 6.19. The molecule has 1 aromatic rings. The van der Waals surface area contributed by atoms with Gasteiger partial charge < -0.3 is 9.30 Å². The number of sulfonamides is 1. The molecule has 3 rings (SSSR count). The van der Waals surface area contributed by atoms with Crippen LogP contribution in [0.25, 0.3) is 0 Å². The van der Waals surface area contributed by atoms with Gasteiger partial charge in [0.15, 0.2) is 5.03 Å². The smallest absolute Gasteiger partial charge is 0.257 e. The highest BCUT2D eigenvalue weighted by atomic mass is 32.2. The third-order valence-electron chi connectivity index (χ3n) is 4.77. The number of rotatable bonds is 3. The first-order valence-corrected chi connectivity index (χ1v) is 9.23. The van der Waals surface area contributed by atoms with Crippen LogP contribution in [0.4, 0.5) is 0 Å². The number of ether oxygens (including phenoxy) is 1. The van der Waals surface area contributed by atoms with Crippen LogP contribution >= 0.6 is 0 Å². The third kappa shape index (κ3) is 2.86. The van der Waals surface area contributed by atoms with Crippen molar-refractivity contribution < 1.29 is 13.2 Å². The van der Waals surface area contributed by atoms with E-state index < -0.39 is 10.0 Å². The van der Waals surface area contributed by atoms with Crippen molar-refractivity contribution in [2.75, 3.05) is 6.61 Å². The van der Waals surface area contributed by atoms with Crippen molar-refractivity contribution in [3.8, 4) is 0 Å². The minimum absolute atomic E-state index is 0.0000485. The molecular formula is C14H23N3O3S. The normalized spacial score (nSPS) is 25.5. The fourth-order valence-corrected chi connectivity index (χ4v) is 4.22. The van der Waals surface area contributed by atoms with Crippen LogP contribution in [0.5, 0.6) is 0 Å². The van der Waals surface area contributed by atoms with Gasteiger partial charge in [0.25, 0.3) is 10.0 Å². The van der Waals surface area contributed by atoms with Gasteiger partial charge in [-0.15, -0.1) is 0 Å². The number of imidazole rings is 1. The number of primary sulfonamides is 1. The summed E-state index contributed by atoms with van der Waals surface area (Å²) in [5.41, 5.74) is -0.0000485. The molecule has 0 radical (unpaired) electrons. The molecule has 1 aromatic heterocycles. The Morgan fingerprint density at radius 3 is 2.81 bits per heavy atom. The summed E-state index contributed by atoms with van der Waals surface area (Å²) in [7, 11) is -3.74. The van der Waals surface area contributed by atoms with Crippen molar-refractivity contribution in [2.45, 2.75) is 68.5 Å². The van der Waals surface area contributed by atoms with Crippen molar-refractivity contribution >= 4 is 10.0 Å². The summed E-state index contributed by atoms with van der Waals surface area (Å²) in [4.78, 5) is 4.20. The lowest BCUT2D eigenvalue weighted by atomic mass is 9.88. The van der Waals surface area contributed by atoms with E-state index in [0.717, 1.165) is 38.1 Å². The molecule has 1 saturated carbocycles. The van der Waals surface area contributed by atoms with Gasteiger partial charge >= 0.3 is 0 Å². The molecule has 2 aliphatic rings. The largest absolute Gasteiger partial charge is 0.375 e. The second kappa shape index (κ2) is 5.37. The van der Waals surface area contributed by atoms with Gasteiger partial charge in [0.2, 0.25) is 0 Å². The zero-order chi connectivity index (χ0) is 15.1. The highest BCUT2D eigenvalue weighted by Crippen LogP contribution is 2.43. The summed E-state index contributed by atoms with van der Waals surface area (Å²) in [6.07, 6.45) is 8.81. The number of nitrogens with zero attached hydrogens (tertiary/aromatic N) is 2. The number of nitrogens with two attached hydrogens (primary N) is 1. The molecule has 0 amide bonds. The molecule has 7 heteroatoms. The van der Waals surface area contributed by atoms with Crippen LogP contribution in [0, 0.1) is 0 Å². The average Bonchev–Trinajstić information content (AvgIpc) is 3.05. The average molecular weight is 313 g/mol. The minimum Gasteiger partial charge on any atom is -0.375 e.